The van der Waals surface area contributed by atoms with Gasteiger partial charge in [-0.25, -0.2) is 8.78 Å². The first-order chi connectivity index (χ1) is 10.5. The number of allylic oxidation sites excluding steroid dienone is 2. The molecule has 0 bridgehead atoms. The summed E-state index contributed by atoms with van der Waals surface area (Å²) in [5.41, 5.74) is 2.49. The molecule has 1 aromatic rings. The van der Waals surface area contributed by atoms with Crippen LogP contribution >= 0.6 is 0 Å². The second-order valence-corrected chi connectivity index (χ2v) is 5.28. The Labute approximate surface area is 126 Å². The average Bonchev–Trinajstić information content (AvgIpc) is 2.49. The fraction of sp³-hybridized carbons (Fsp3) is 0.250. The Bertz CT molecular complexity index is 774. The van der Waals surface area contributed by atoms with E-state index in [1.54, 1.807) is 6.92 Å². The van der Waals surface area contributed by atoms with Gasteiger partial charge in [0.25, 0.3) is 0 Å². The Kier molecular flexibility index (Phi) is 3.41. The minimum Gasteiger partial charge on any atom is -0.361 e. The lowest BCUT2D eigenvalue weighted by Crippen LogP contribution is -2.40. The van der Waals surface area contributed by atoms with Crippen molar-refractivity contribution in [2.75, 3.05) is 6.54 Å². The van der Waals surface area contributed by atoms with E-state index in [0.717, 1.165) is 17.8 Å². The molecule has 22 heavy (non-hydrogen) atoms. The first kappa shape index (κ1) is 14.3. The van der Waals surface area contributed by atoms with Crippen LogP contribution in [0.2, 0.25) is 0 Å². The standard InChI is InChI=1S/C16H13F2N3O/c1-8-10(7-19)14(9-2-3-11(17)12(18)6-9)15-13(21-8)4-5-20-16(15)22/h2-3,6,14,21H,4-5H2,1H3,(H,20,22). The highest BCUT2D eigenvalue weighted by molar-refractivity contribution is 5.98. The second kappa shape index (κ2) is 5.26. The Hall–Kier alpha value is -2.68. The molecule has 0 aliphatic carbocycles. The molecule has 0 saturated carbocycles. The van der Waals surface area contributed by atoms with Crippen molar-refractivity contribution in [3.8, 4) is 6.07 Å². The van der Waals surface area contributed by atoms with Crippen LogP contribution in [-0.4, -0.2) is 12.5 Å². The molecule has 4 nitrogen and oxygen atoms in total. The Morgan fingerprint density at radius 2 is 2.09 bits per heavy atom. The zero-order chi connectivity index (χ0) is 15.9. The van der Waals surface area contributed by atoms with E-state index in [4.69, 9.17) is 0 Å². The lowest BCUT2D eigenvalue weighted by molar-refractivity contribution is -0.118. The van der Waals surface area contributed by atoms with E-state index in [-0.39, 0.29) is 5.91 Å². The molecule has 0 fully saturated rings. The monoisotopic (exact) mass is 301 g/mol. The molecule has 1 aromatic carbocycles. The molecule has 6 heteroatoms. The van der Waals surface area contributed by atoms with E-state index >= 15 is 0 Å². The van der Waals surface area contributed by atoms with Crippen LogP contribution < -0.4 is 10.6 Å². The summed E-state index contributed by atoms with van der Waals surface area (Å²) in [6.07, 6.45) is 0.608. The van der Waals surface area contributed by atoms with E-state index < -0.39 is 17.6 Å². The number of amides is 1. The van der Waals surface area contributed by atoms with Crippen LogP contribution in [-0.2, 0) is 4.79 Å². The van der Waals surface area contributed by atoms with Crippen molar-refractivity contribution in [3.63, 3.8) is 0 Å². The molecule has 2 heterocycles. The average molecular weight is 301 g/mol. The third-order valence-electron chi connectivity index (χ3n) is 3.95. The van der Waals surface area contributed by atoms with Crippen molar-refractivity contribution in [1.82, 2.24) is 10.6 Å². The number of hydrogen-bond acceptors (Lipinski definition) is 3. The molecule has 0 radical (unpaired) electrons. The van der Waals surface area contributed by atoms with Gasteiger partial charge >= 0.3 is 0 Å². The molecule has 1 unspecified atom stereocenters. The molecule has 2 aliphatic heterocycles. The topological polar surface area (TPSA) is 64.9 Å². The number of nitrogens with one attached hydrogen (secondary N) is 2. The zero-order valence-corrected chi connectivity index (χ0v) is 11.8. The molecule has 0 spiro atoms. The summed E-state index contributed by atoms with van der Waals surface area (Å²) in [5.74, 6) is -2.93. The van der Waals surface area contributed by atoms with Gasteiger partial charge < -0.3 is 10.6 Å². The second-order valence-electron chi connectivity index (χ2n) is 5.28. The van der Waals surface area contributed by atoms with Crippen LogP contribution in [0.3, 0.4) is 0 Å². The Balaban J connectivity index is 2.20. The highest BCUT2D eigenvalue weighted by Gasteiger charge is 2.36. The van der Waals surface area contributed by atoms with Crippen LogP contribution in [0.15, 0.2) is 40.7 Å². The third-order valence-corrected chi connectivity index (χ3v) is 3.95. The molecule has 0 aromatic heterocycles. The number of carbonyl (C=O) groups excluding carboxylic acids is 1. The van der Waals surface area contributed by atoms with Gasteiger partial charge in [-0.3, -0.25) is 4.79 Å². The summed E-state index contributed by atoms with van der Waals surface area (Å²) in [6, 6.07) is 5.54. The number of nitrogens with zero attached hydrogens (tertiary/aromatic N) is 1. The van der Waals surface area contributed by atoms with E-state index in [1.807, 2.05) is 0 Å². The summed E-state index contributed by atoms with van der Waals surface area (Å²) in [6.45, 7) is 2.24. The minimum atomic E-state index is -0.996. The van der Waals surface area contributed by atoms with E-state index in [9.17, 15) is 18.8 Å². The summed E-state index contributed by atoms with van der Waals surface area (Å²) < 4.78 is 26.8. The summed E-state index contributed by atoms with van der Waals surface area (Å²) in [5, 5.41) is 15.2. The SMILES string of the molecule is CC1=C(C#N)C(c2ccc(F)c(F)c2)C2=C(CCNC2=O)N1. The van der Waals surface area contributed by atoms with Crippen LogP contribution in [0.4, 0.5) is 8.78 Å². The highest BCUT2D eigenvalue weighted by atomic mass is 19.2. The van der Waals surface area contributed by atoms with E-state index in [1.165, 1.54) is 6.07 Å². The normalized spacial score (nSPS) is 21.0. The Morgan fingerprint density at radius 1 is 1.32 bits per heavy atom. The molecule has 1 amide bonds. The van der Waals surface area contributed by atoms with Crippen molar-refractivity contribution in [1.29, 1.82) is 5.26 Å². The predicted molar refractivity (Wildman–Crippen MR) is 75.2 cm³/mol. The van der Waals surface area contributed by atoms with Gasteiger partial charge in [0.2, 0.25) is 5.91 Å². The van der Waals surface area contributed by atoms with Crippen molar-refractivity contribution >= 4 is 5.91 Å². The van der Waals surface area contributed by atoms with Crippen LogP contribution in [0.5, 0.6) is 0 Å². The first-order valence-electron chi connectivity index (χ1n) is 6.87. The van der Waals surface area contributed by atoms with Gasteiger partial charge in [0.15, 0.2) is 11.6 Å². The van der Waals surface area contributed by atoms with Crippen LogP contribution in [0, 0.1) is 23.0 Å². The smallest absolute Gasteiger partial charge is 0.249 e. The first-order valence-corrected chi connectivity index (χ1v) is 6.87. The van der Waals surface area contributed by atoms with Crippen molar-refractivity contribution in [2.45, 2.75) is 19.3 Å². The third kappa shape index (κ3) is 2.15. The van der Waals surface area contributed by atoms with Gasteiger partial charge in [-0.15, -0.1) is 0 Å². The van der Waals surface area contributed by atoms with Gasteiger partial charge in [0.05, 0.1) is 17.6 Å². The van der Waals surface area contributed by atoms with Crippen molar-refractivity contribution in [2.24, 2.45) is 0 Å². The van der Waals surface area contributed by atoms with Crippen LogP contribution in [0.25, 0.3) is 0 Å². The zero-order valence-electron chi connectivity index (χ0n) is 11.8. The maximum atomic E-state index is 13.6. The number of halogens is 2. The largest absolute Gasteiger partial charge is 0.361 e. The molecular formula is C16H13F2N3O. The summed E-state index contributed by atoms with van der Waals surface area (Å²) >= 11 is 0. The fourth-order valence-electron chi connectivity index (χ4n) is 2.93. The molecule has 0 saturated heterocycles. The van der Waals surface area contributed by atoms with Gasteiger partial charge in [-0.2, -0.15) is 5.26 Å². The Morgan fingerprint density at radius 3 is 2.77 bits per heavy atom. The molecular weight excluding hydrogens is 288 g/mol. The van der Waals surface area contributed by atoms with E-state index in [2.05, 4.69) is 16.7 Å². The number of carbonyl (C=O) groups is 1. The number of nitriles is 1. The minimum absolute atomic E-state index is 0.288. The molecule has 2 aliphatic rings. The lowest BCUT2D eigenvalue weighted by atomic mass is 9.79. The highest BCUT2D eigenvalue weighted by Crippen LogP contribution is 2.39. The van der Waals surface area contributed by atoms with Gasteiger partial charge in [0, 0.05) is 29.9 Å². The lowest BCUT2D eigenvalue weighted by Gasteiger charge is -2.33. The molecule has 2 N–H and O–H groups in total. The molecule has 3 rings (SSSR count). The molecule has 1 atom stereocenters. The van der Waals surface area contributed by atoms with Gasteiger partial charge in [-0.1, -0.05) is 6.07 Å². The summed E-state index contributed by atoms with van der Waals surface area (Å²) in [7, 11) is 0. The van der Waals surface area contributed by atoms with Gasteiger partial charge in [0.1, 0.15) is 0 Å². The molecule has 112 valence electrons. The van der Waals surface area contributed by atoms with Crippen molar-refractivity contribution < 1.29 is 13.6 Å². The number of hydrogen-bond donors (Lipinski definition) is 2. The van der Waals surface area contributed by atoms with E-state index in [0.29, 0.717) is 35.4 Å². The fourth-order valence-corrected chi connectivity index (χ4v) is 2.93. The van der Waals surface area contributed by atoms with Crippen LogP contribution in [0.1, 0.15) is 24.8 Å². The van der Waals surface area contributed by atoms with Gasteiger partial charge in [-0.05, 0) is 24.6 Å². The summed E-state index contributed by atoms with van der Waals surface area (Å²) in [4.78, 5) is 12.2. The number of rotatable bonds is 1. The number of benzene rings is 1. The predicted octanol–water partition coefficient (Wildman–Crippen LogP) is 2.22. The maximum absolute atomic E-state index is 13.6. The maximum Gasteiger partial charge on any atom is 0.249 e. The quantitative estimate of drug-likeness (QED) is 0.836. The number of dihydropyridines is 1. The van der Waals surface area contributed by atoms with Crippen molar-refractivity contribution in [3.05, 3.63) is 57.9 Å².